The van der Waals surface area contributed by atoms with Crippen molar-refractivity contribution in [3.05, 3.63) is 95.8 Å². The van der Waals surface area contributed by atoms with Gasteiger partial charge in [-0.1, -0.05) is 66.7 Å². The van der Waals surface area contributed by atoms with E-state index in [9.17, 15) is 14.7 Å². The summed E-state index contributed by atoms with van der Waals surface area (Å²) in [5, 5.41) is 12.5. The number of aromatic carboxylic acids is 1. The Morgan fingerprint density at radius 1 is 1.00 bits per heavy atom. The zero-order valence-electron chi connectivity index (χ0n) is 16.9. The Balaban J connectivity index is 1.67. The number of carboxylic acids is 1. The number of alkyl carbamates (subject to hydrolysis) is 1. The second-order valence-corrected chi connectivity index (χ2v) is 7.05. The number of aromatic nitrogens is 2. The van der Waals surface area contributed by atoms with Gasteiger partial charge in [0.15, 0.2) is 0 Å². The molecule has 0 bridgehead atoms. The summed E-state index contributed by atoms with van der Waals surface area (Å²) < 4.78 is 6.92. The van der Waals surface area contributed by atoms with Crippen LogP contribution in [0.5, 0.6) is 0 Å². The highest BCUT2D eigenvalue weighted by Gasteiger charge is 2.24. The van der Waals surface area contributed by atoms with E-state index in [0.717, 1.165) is 11.1 Å². The number of amides is 1. The fourth-order valence-corrected chi connectivity index (χ4v) is 3.46. The van der Waals surface area contributed by atoms with E-state index in [1.165, 1.54) is 6.07 Å². The molecule has 0 saturated carbocycles. The zero-order chi connectivity index (χ0) is 21.8. The van der Waals surface area contributed by atoms with Crippen LogP contribution in [0.4, 0.5) is 4.79 Å². The van der Waals surface area contributed by atoms with Crippen molar-refractivity contribution >= 4 is 17.7 Å². The molecule has 4 aromatic rings. The normalized spacial score (nSPS) is 11.8. The van der Waals surface area contributed by atoms with Gasteiger partial charge in [0.05, 0.1) is 17.4 Å². The number of nitrogens with one attached hydrogen (secondary N) is 1. The van der Waals surface area contributed by atoms with E-state index in [1.807, 2.05) is 60.7 Å². The number of ether oxygens (including phenoxy) is 1. The number of carbonyl (C=O) groups excluding carboxylic acids is 1. The maximum Gasteiger partial charge on any atom is 0.407 e. The largest absolute Gasteiger partial charge is 0.477 e. The number of carboxylic acid groups (broad SMARTS) is 1. The minimum atomic E-state index is -1.06. The number of benzene rings is 2. The lowest BCUT2D eigenvalue weighted by Crippen LogP contribution is -2.28. The zero-order valence-corrected chi connectivity index (χ0v) is 16.9. The van der Waals surface area contributed by atoms with Gasteiger partial charge in [-0.25, -0.2) is 14.6 Å². The second-order valence-electron chi connectivity index (χ2n) is 7.05. The standard InChI is InChI=1S/C24H21N3O4/c1-16(25-24(30)31-15-17-9-4-2-5-10-17)21-22(18-11-6-3-7-12-18)27-19(23(28)29)13-8-14-20(27)26-21/h2-14,16H,15H2,1H3,(H,25,30)(H,28,29)/t16-/m0/s1. The molecule has 0 radical (unpaired) electrons. The molecule has 2 aromatic carbocycles. The average molecular weight is 415 g/mol. The van der Waals surface area contributed by atoms with Crippen molar-refractivity contribution in [1.82, 2.24) is 14.7 Å². The molecule has 0 aliphatic rings. The van der Waals surface area contributed by atoms with Crippen LogP contribution >= 0.6 is 0 Å². The lowest BCUT2D eigenvalue weighted by molar-refractivity contribution is 0.0689. The summed E-state index contributed by atoms with van der Waals surface area (Å²) in [5.41, 5.74) is 3.43. The molecule has 7 nitrogen and oxygen atoms in total. The van der Waals surface area contributed by atoms with Crippen LogP contribution in [0.2, 0.25) is 0 Å². The number of carbonyl (C=O) groups is 2. The van der Waals surface area contributed by atoms with E-state index in [-0.39, 0.29) is 12.3 Å². The maximum atomic E-state index is 12.4. The quantitative estimate of drug-likeness (QED) is 0.477. The van der Waals surface area contributed by atoms with Crippen molar-refractivity contribution in [2.75, 3.05) is 0 Å². The molecule has 31 heavy (non-hydrogen) atoms. The van der Waals surface area contributed by atoms with Gasteiger partial charge in [-0.2, -0.15) is 0 Å². The molecule has 0 spiro atoms. The lowest BCUT2D eigenvalue weighted by Gasteiger charge is -2.15. The van der Waals surface area contributed by atoms with E-state index in [1.54, 1.807) is 23.5 Å². The first-order valence-electron chi connectivity index (χ1n) is 9.82. The van der Waals surface area contributed by atoms with Gasteiger partial charge >= 0.3 is 12.1 Å². The van der Waals surface area contributed by atoms with Gasteiger partial charge in [-0.3, -0.25) is 4.40 Å². The molecule has 0 fully saturated rings. The molecule has 0 aliphatic carbocycles. The number of fused-ring (bicyclic) bond motifs is 1. The van der Waals surface area contributed by atoms with Crippen LogP contribution in [0, 0.1) is 0 Å². The van der Waals surface area contributed by atoms with E-state index >= 15 is 0 Å². The van der Waals surface area contributed by atoms with Crippen molar-refractivity contribution in [3.63, 3.8) is 0 Å². The summed E-state index contributed by atoms with van der Waals surface area (Å²) >= 11 is 0. The van der Waals surface area contributed by atoms with Gasteiger partial charge in [0.2, 0.25) is 0 Å². The molecule has 0 unspecified atom stereocenters. The molecule has 2 aromatic heterocycles. The summed E-state index contributed by atoms with van der Waals surface area (Å²) in [7, 11) is 0. The van der Waals surface area contributed by atoms with Crippen LogP contribution < -0.4 is 5.32 Å². The van der Waals surface area contributed by atoms with Crippen LogP contribution in [0.25, 0.3) is 16.9 Å². The Bertz CT molecular complexity index is 1220. The van der Waals surface area contributed by atoms with Crippen molar-refractivity contribution in [3.8, 4) is 11.3 Å². The highest BCUT2D eigenvalue weighted by Crippen LogP contribution is 2.30. The molecule has 0 aliphatic heterocycles. The molecule has 4 rings (SSSR count). The Morgan fingerprint density at radius 3 is 2.35 bits per heavy atom. The average Bonchev–Trinajstić information content (AvgIpc) is 3.19. The van der Waals surface area contributed by atoms with Crippen molar-refractivity contribution in [2.24, 2.45) is 0 Å². The predicted molar refractivity (Wildman–Crippen MR) is 116 cm³/mol. The van der Waals surface area contributed by atoms with Crippen molar-refractivity contribution in [1.29, 1.82) is 0 Å². The van der Waals surface area contributed by atoms with Crippen molar-refractivity contribution < 1.29 is 19.4 Å². The molecule has 2 heterocycles. The maximum absolute atomic E-state index is 12.4. The Labute approximate surface area is 178 Å². The van der Waals surface area contributed by atoms with Gasteiger partial charge in [-0.05, 0) is 24.6 Å². The van der Waals surface area contributed by atoms with Crippen LogP contribution in [0.1, 0.15) is 34.7 Å². The third-order valence-electron chi connectivity index (χ3n) is 4.89. The summed E-state index contributed by atoms with van der Waals surface area (Å²) in [4.78, 5) is 28.8. The number of rotatable bonds is 6. The second kappa shape index (κ2) is 8.71. The third-order valence-corrected chi connectivity index (χ3v) is 4.89. The predicted octanol–water partition coefficient (Wildman–Crippen LogP) is 4.69. The fraction of sp³-hybridized carbons (Fsp3) is 0.125. The molecule has 156 valence electrons. The Hall–Kier alpha value is -4.13. The Morgan fingerprint density at radius 2 is 1.68 bits per heavy atom. The third kappa shape index (κ3) is 4.25. The molecular weight excluding hydrogens is 394 g/mol. The van der Waals surface area contributed by atoms with E-state index in [0.29, 0.717) is 17.0 Å². The molecule has 0 saturated heterocycles. The van der Waals surface area contributed by atoms with Crippen LogP contribution in [-0.4, -0.2) is 26.6 Å². The number of hydrogen-bond donors (Lipinski definition) is 2. The molecule has 1 atom stereocenters. The highest BCUT2D eigenvalue weighted by molar-refractivity contribution is 5.88. The van der Waals surface area contributed by atoms with Gasteiger partial charge in [0, 0.05) is 5.56 Å². The monoisotopic (exact) mass is 415 g/mol. The number of nitrogens with zero attached hydrogens (tertiary/aromatic N) is 2. The SMILES string of the molecule is C[C@H](NC(=O)OCc1ccccc1)c1nc2cccc(C(=O)O)n2c1-c1ccccc1. The first kappa shape index (κ1) is 20.2. The van der Waals surface area contributed by atoms with Crippen molar-refractivity contribution in [2.45, 2.75) is 19.6 Å². The number of imidazole rings is 1. The lowest BCUT2D eigenvalue weighted by atomic mass is 10.1. The highest BCUT2D eigenvalue weighted by atomic mass is 16.5. The van der Waals surface area contributed by atoms with E-state index < -0.39 is 18.1 Å². The van der Waals surface area contributed by atoms with Crippen LogP contribution in [-0.2, 0) is 11.3 Å². The number of hydrogen-bond acceptors (Lipinski definition) is 4. The fourth-order valence-electron chi connectivity index (χ4n) is 3.46. The minimum Gasteiger partial charge on any atom is -0.477 e. The van der Waals surface area contributed by atoms with Crippen LogP contribution in [0.3, 0.4) is 0 Å². The summed E-state index contributed by atoms with van der Waals surface area (Å²) in [5.74, 6) is -1.06. The summed E-state index contributed by atoms with van der Waals surface area (Å²) in [6.07, 6.45) is -0.578. The smallest absolute Gasteiger partial charge is 0.407 e. The van der Waals surface area contributed by atoms with Crippen LogP contribution in [0.15, 0.2) is 78.9 Å². The van der Waals surface area contributed by atoms with Gasteiger partial charge in [0.1, 0.15) is 17.9 Å². The van der Waals surface area contributed by atoms with Gasteiger partial charge in [-0.15, -0.1) is 0 Å². The van der Waals surface area contributed by atoms with E-state index in [2.05, 4.69) is 10.3 Å². The first-order valence-corrected chi connectivity index (χ1v) is 9.82. The first-order chi connectivity index (χ1) is 15.0. The van der Waals surface area contributed by atoms with Gasteiger partial charge < -0.3 is 15.2 Å². The molecule has 1 amide bonds. The summed E-state index contributed by atoms with van der Waals surface area (Å²) in [6, 6.07) is 23.2. The molecule has 7 heteroatoms. The Kier molecular flexibility index (Phi) is 5.66. The molecular formula is C24H21N3O4. The van der Waals surface area contributed by atoms with Gasteiger partial charge in [0.25, 0.3) is 0 Å². The topological polar surface area (TPSA) is 92.9 Å². The molecule has 2 N–H and O–H groups in total. The summed E-state index contributed by atoms with van der Waals surface area (Å²) in [6.45, 7) is 1.94. The minimum absolute atomic E-state index is 0.0916. The van der Waals surface area contributed by atoms with E-state index in [4.69, 9.17) is 4.74 Å². The number of pyridine rings is 1.